The van der Waals surface area contributed by atoms with Crippen LogP contribution < -0.4 is 0 Å². The first-order chi connectivity index (χ1) is 10.6. The van der Waals surface area contributed by atoms with Crippen LogP contribution in [0.2, 0.25) is 0 Å². The number of allylic oxidation sites excluding steroid dienone is 5. The normalized spacial score (nSPS) is 27.0. The summed E-state index contributed by atoms with van der Waals surface area (Å²) in [6.45, 7) is 6.90. The standard InChI is InChI=1S/C21H23N/c1-14-8-11-21-19(12-14)18-6-4-5-7-20(18)22(21)17-10-9-15(2)16(3)13-17/h4-11,13-16H,12H2,1-3H3/t14?,15?,16-/m1/s1. The molecular weight excluding hydrogens is 266 g/mol. The molecule has 22 heavy (non-hydrogen) atoms. The number of benzene rings is 1. The molecule has 3 atom stereocenters. The maximum Gasteiger partial charge on any atom is 0.0537 e. The average Bonchev–Trinajstić information content (AvgIpc) is 2.84. The summed E-state index contributed by atoms with van der Waals surface area (Å²) in [6, 6.07) is 8.83. The minimum Gasteiger partial charge on any atom is -0.310 e. The Bertz CT molecular complexity index is 816. The fourth-order valence-corrected chi connectivity index (χ4v) is 3.69. The number of para-hydroxylation sites is 1. The Kier molecular flexibility index (Phi) is 3.11. The summed E-state index contributed by atoms with van der Waals surface area (Å²) < 4.78 is 2.45. The van der Waals surface area contributed by atoms with E-state index in [-0.39, 0.29) is 0 Å². The molecule has 2 aromatic rings. The molecule has 0 saturated heterocycles. The molecule has 2 aliphatic rings. The molecule has 0 aliphatic heterocycles. The van der Waals surface area contributed by atoms with Crippen molar-refractivity contribution in [3.05, 3.63) is 59.8 Å². The van der Waals surface area contributed by atoms with E-state index in [2.05, 4.69) is 80.0 Å². The van der Waals surface area contributed by atoms with Crippen LogP contribution in [0.25, 0.3) is 22.7 Å². The Balaban J connectivity index is 1.98. The third-order valence-corrected chi connectivity index (χ3v) is 5.22. The molecule has 1 aromatic carbocycles. The molecule has 112 valence electrons. The Morgan fingerprint density at radius 2 is 1.77 bits per heavy atom. The number of hydrogen-bond acceptors (Lipinski definition) is 0. The van der Waals surface area contributed by atoms with Crippen molar-refractivity contribution in [1.29, 1.82) is 0 Å². The quantitative estimate of drug-likeness (QED) is 0.650. The van der Waals surface area contributed by atoms with Gasteiger partial charge >= 0.3 is 0 Å². The lowest BCUT2D eigenvalue weighted by Crippen LogP contribution is -2.11. The first-order valence-corrected chi connectivity index (χ1v) is 8.36. The number of aromatic nitrogens is 1. The summed E-state index contributed by atoms with van der Waals surface area (Å²) in [7, 11) is 0. The van der Waals surface area contributed by atoms with Crippen LogP contribution >= 0.6 is 0 Å². The largest absolute Gasteiger partial charge is 0.310 e. The van der Waals surface area contributed by atoms with E-state index in [9.17, 15) is 0 Å². The highest BCUT2D eigenvalue weighted by molar-refractivity contribution is 5.93. The highest BCUT2D eigenvalue weighted by atomic mass is 15.0. The second kappa shape index (κ2) is 5.01. The first-order valence-electron chi connectivity index (χ1n) is 8.36. The number of hydrogen-bond donors (Lipinski definition) is 0. The summed E-state index contributed by atoms with van der Waals surface area (Å²) in [5.74, 6) is 1.84. The molecule has 1 heterocycles. The van der Waals surface area contributed by atoms with Crippen molar-refractivity contribution in [2.75, 3.05) is 0 Å². The molecule has 1 heteroatoms. The van der Waals surface area contributed by atoms with Gasteiger partial charge < -0.3 is 4.57 Å². The molecule has 2 aliphatic carbocycles. The molecule has 0 saturated carbocycles. The predicted molar refractivity (Wildman–Crippen MR) is 95.6 cm³/mol. The fourth-order valence-electron chi connectivity index (χ4n) is 3.69. The van der Waals surface area contributed by atoms with E-state index in [1.54, 1.807) is 0 Å². The van der Waals surface area contributed by atoms with Crippen molar-refractivity contribution in [3.63, 3.8) is 0 Å². The number of rotatable bonds is 1. The molecule has 0 amide bonds. The molecule has 2 unspecified atom stereocenters. The third-order valence-electron chi connectivity index (χ3n) is 5.22. The summed E-state index contributed by atoms with van der Waals surface area (Å²) in [5, 5.41) is 1.41. The predicted octanol–water partition coefficient (Wildman–Crippen LogP) is 5.53. The van der Waals surface area contributed by atoms with E-state index in [1.165, 1.54) is 27.9 Å². The summed E-state index contributed by atoms with van der Waals surface area (Å²) >= 11 is 0. The Hall–Kier alpha value is -2.02. The van der Waals surface area contributed by atoms with Crippen molar-refractivity contribution < 1.29 is 0 Å². The topological polar surface area (TPSA) is 4.93 Å². The van der Waals surface area contributed by atoms with Crippen molar-refractivity contribution in [2.45, 2.75) is 27.2 Å². The van der Waals surface area contributed by atoms with Gasteiger partial charge in [-0.05, 0) is 48.0 Å². The maximum absolute atomic E-state index is 2.45. The molecule has 0 bridgehead atoms. The first kappa shape index (κ1) is 13.6. The van der Waals surface area contributed by atoms with Crippen LogP contribution in [0.15, 0.2) is 48.6 Å². The van der Waals surface area contributed by atoms with Crippen LogP contribution in [0.3, 0.4) is 0 Å². The van der Waals surface area contributed by atoms with Gasteiger partial charge in [-0.2, -0.15) is 0 Å². The Morgan fingerprint density at radius 3 is 2.59 bits per heavy atom. The van der Waals surface area contributed by atoms with Gasteiger partial charge in [-0.25, -0.2) is 0 Å². The van der Waals surface area contributed by atoms with Gasteiger partial charge in [-0.1, -0.05) is 57.2 Å². The van der Waals surface area contributed by atoms with E-state index < -0.39 is 0 Å². The average molecular weight is 289 g/mol. The SMILES string of the molecule is CC1C=Cc2c(c3ccccc3n2C2=C[C@@H](C)C(C)C=C2)C1. The van der Waals surface area contributed by atoms with Crippen molar-refractivity contribution in [1.82, 2.24) is 4.57 Å². The number of nitrogens with zero attached hydrogens (tertiary/aromatic N) is 1. The second-order valence-electron chi connectivity index (χ2n) is 6.93. The fraction of sp³-hybridized carbons (Fsp3) is 0.333. The molecule has 0 spiro atoms. The zero-order valence-electron chi connectivity index (χ0n) is 13.6. The lowest BCUT2D eigenvalue weighted by molar-refractivity contribution is 0.552. The zero-order valence-corrected chi connectivity index (χ0v) is 13.6. The zero-order chi connectivity index (χ0) is 15.3. The van der Waals surface area contributed by atoms with Crippen molar-refractivity contribution >= 4 is 22.7 Å². The van der Waals surface area contributed by atoms with Gasteiger partial charge in [-0.15, -0.1) is 0 Å². The summed E-state index contributed by atoms with van der Waals surface area (Å²) in [5.41, 5.74) is 5.54. The van der Waals surface area contributed by atoms with E-state index in [0.29, 0.717) is 17.8 Å². The van der Waals surface area contributed by atoms with Crippen LogP contribution in [-0.4, -0.2) is 4.57 Å². The smallest absolute Gasteiger partial charge is 0.0537 e. The van der Waals surface area contributed by atoms with Crippen molar-refractivity contribution in [2.24, 2.45) is 17.8 Å². The number of fused-ring (bicyclic) bond motifs is 3. The molecule has 0 N–H and O–H groups in total. The molecule has 1 nitrogen and oxygen atoms in total. The van der Waals surface area contributed by atoms with E-state index in [0.717, 1.165) is 6.42 Å². The van der Waals surface area contributed by atoms with E-state index >= 15 is 0 Å². The highest BCUT2D eigenvalue weighted by Crippen LogP contribution is 2.37. The molecule has 4 rings (SSSR count). The van der Waals surface area contributed by atoms with Crippen molar-refractivity contribution in [3.8, 4) is 0 Å². The highest BCUT2D eigenvalue weighted by Gasteiger charge is 2.22. The summed E-state index contributed by atoms with van der Waals surface area (Å²) in [6.07, 6.45) is 12.9. The molecule has 0 fully saturated rings. The van der Waals surface area contributed by atoms with Crippen LogP contribution in [0, 0.1) is 17.8 Å². The van der Waals surface area contributed by atoms with E-state index in [1.807, 2.05) is 0 Å². The van der Waals surface area contributed by atoms with Crippen LogP contribution in [0.1, 0.15) is 32.0 Å². The van der Waals surface area contributed by atoms with Gasteiger partial charge in [0.1, 0.15) is 0 Å². The summed E-state index contributed by atoms with van der Waals surface area (Å²) in [4.78, 5) is 0. The van der Waals surface area contributed by atoms with Gasteiger partial charge in [0.25, 0.3) is 0 Å². The van der Waals surface area contributed by atoms with Crippen LogP contribution in [-0.2, 0) is 6.42 Å². The molecule has 1 aromatic heterocycles. The minimum absolute atomic E-state index is 0.586. The minimum atomic E-state index is 0.586. The Labute approximate surface area is 132 Å². The monoisotopic (exact) mass is 289 g/mol. The lowest BCUT2D eigenvalue weighted by Gasteiger charge is -2.22. The lowest BCUT2D eigenvalue weighted by atomic mass is 9.90. The Morgan fingerprint density at radius 1 is 0.955 bits per heavy atom. The molecular formula is C21H23N. The third kappa shape index (κ3) is 1.99. The van der Waals surface area contributed by atoms with Gasteiger partial charge in [0.15, 0.2) is 0 Å². The maximum atomic E-state index is 2.45. The van der Waals surface area contributed by atoms with Crippen LogP contribution in [0.5, 0.6) is 0 Å². The molecule has 0 radical (unpaired) electrons. The van der Waals surface area contributed by atoms with Gasteiger partial charge in [0.05, 0.1) is 5.52 Å². The van der Waals surface area contributed by atoms with Gasteiger partial charge in [0, 0.05) is 16.8 Å². The van der Waals surface area contributed by atoms with Gasteiger partial charge in [-0.3, -0.25) is 0 Å². The van der Waals surface area contributed by atoms with Crippen LogP contribution in [0.4, 0.5) is 0 Å². The second-order valence-corrected chi connectivity index (χ2v) is 6.93. The van der Waals surface area contributed by atoms with E-state index in [4.69, 9.17) is 0 Å². The van der Waals surface area contributed by atoms with Gasteiger partial charge in [0.2, 0.25) is 0 Å².